The third-order valence-corrected chi connectivity index (χ3v) is 6.75. The topological polar surface area (TPSA) is 0 Å². The summed E-state index contributed by atoms with van der Waals surface area (Å²) < 4.78 is 11.5. The van der Waals surface area contributed by atoms with Crippen LogP contribution in [0.4, 0.5) is 0 Å². The Bertz CT molecular complexity index is 96.8. The molecule has 0 aliphatic rings. The minimum atomic E-state index is -0.859. The molecule has 1 atom stereocenters. The van der Waals surface area contributed by atoms with E-state index >= 15 is 0 Å². The first-order chi connectivity index (χ1) is 8.66. The molecule has 0 nitrogen and oxygen atoms in total. The predicted octanol–water partition coefficient (Wildman–Crippen LogP) is 7.61. The van der Waals surface area contributed by atoms with E-state index in [0.29, 0.717) is 5.04 Å². The molecular formula is C15H45ClPPdSi-. The molecule has 0 aromatic rings. The molecular weight excluding hydrogens is 381 g/mol. The van der Waals surface area contributed by atoms with Gasteiger partial charge in [-0.3, -0.25) is 0 Å². The van der Waals surface area contributed by atoms with Crippen molar-refractivity contribution in [1.82, 2.24) is 0 Å². The third-order valence-electron chi connectivity index (χ3n) is 2.25. The number of hydrogen-bond acceptors (Lipinski definition) is 0. The largest absolute Gasteiger partial charge is 0.358 e. The molecule has 19 heavy (non-hydrogen) atoms. The van der Waals surface area contributed by atoms with Crippen LogP contribution in [-0.4, -0.2) is 21.1 Å². The van der Waals surface area contributed by atoms with Crippen molar-refractivity contribution in [1.29, 1.82) is 0 Å². The van der Waals surface area contributed by atoms with E-state index in [1.165, 1.54) is 27.6 Å². The van der Waals surface area contributed by atoms with Crippen LogP contribution in [0.1, 0.15) is 58.6 Å². The molecule has 0 amide bonds. The summed E-state index contributed by atoms with van der Waals surface area (Å²) in [7, 11) is 4.06. The first-order valence-corrected chi connectivity index (χ1v) is 11.0. The molecule has 0 N–H and O–H groups in total. The fourth-order valence-corrected chi connectivity index (χ4v) is 0. The van der Waals surface area contributed by atoms with Gasteiger partial charge >= 0.3 is 0 Å². The van der Waals surface area contributed by atoms with E-state index in [1.807, 2.05) is 6.66 Å². The molecule has 0 aromatic heterocycles. The monoisotopic (exact) mass is 428 g/mol. The fourth-order valence-electron chi connectivity index (χ4n) is 0. The summed E-state index contributed by atoms with van der Waals surface area (Å²) in [6.45, 7) is 20.4. The Morgan fingerprint density at radius 1 is 1.11 bits per heavy atom. The van der Waals surface area contributed by atoms with Crippen LogP contribution in [-0.2, 0) is 20.4 Å². The molecule has 0 heterocycles. The molecule has 0 bridgehead atoms. The molecule has 0 spiro atoms. The average Bonchev–Trinajstić information content (AvgIpc) is 2.37. The summed E-state index contributed by atoms with van der Waals surface area (Å²) in [6.07, 6.45) is 2.72. The number of alkyl halides is 1. The summed E-state index contributed by atoms with van der Waals surface area (Å²) in [4.78, 5) is 0. The smallest absolute Gasteiger partial charge is 0.0496 e. The summed E-state index contributed by atoms with van der Waals surface area (Å²) >= 11 is 4.64. The Morgan fingerprint density at radius 2 is 1.16 bits per heavy atom. The molecule has 0 aliphatic carbocycles. The first kappa shape index (κ1) is 37.1. The standard InChI is InChI=1S/C7H18Si.C3H8.CH3Cl.CH5P.2CH4.CH3.Pd/c1-7(2,3)8(4,5)6;1-3-2;2*1-2;;;;/h1-6H3;3H2,1-2H3;1H3;2H2,1H3;2*1H4;1H3;/q;;;;;;-1;/i;;;;1T;1D;;. The van der Waals surface area contributed by atoms with Crippen molar-refractivity contribution in [3.05, 3.63) is 7.43 Å². The maximum atomic E-state index is 5.75. The van der Waals surface area contributed by atoms with Crippen LogP contribution in [0.3, 0.4) is 0 Å². The predicted molar refractivity (Wildman–Crippen MR) is 106 cm³/mol. The molecule has 132 valence electrons. The number of halogens is 1. The van der Waals surface area contributed by atoms with Gasteiger partial charge in [0.2, 0.25) is 0 Å². The second kappa shape index (κ2) is 31.8. The van der Waals surface area contributed by atoms with E-state index in [1.54, 1.807) is 0 Å². The molecule has 0 aromatic carbocycles. The number of rotatable bonds is 0. The normalized spacial score (nSPS) is 8.32. The van der Waals surface area contributed by atoms with Gasteiger partial charge in [0, 0.05) is 37.6 Å². The van der Waals surface area contributed by atoms with Gasteiger partial charge in [-0.15, -0.1) is 20.8 Å². The third kappa shape index (κ3) is 54.0. The summed E-state index contributed by atoms with van der Waals surface area (Å²) in [6, 6.07) is 0. The fraction of sp³-hybridized carbons (Fsp3) is 0.933. The zero-order valence-corrected chi connectivity index (χ0v) is 20.4. The van der Waals surface area contributed by atoms with Crippen LogP contribution in [0, 0.1) is 7.43 Å². The van der Waals surface area contributed by atoms with E-state index in [2.05, 4.69) is 75.1 Å². The summed E-state index contributed by atoms with van der Waals surface area (Å²) in [5.41, 5.74) is 0. The van der Waals surface area contributed by atoms with Crippen LogP contribution in [0.5, 0.6) is 0 Å². The summed E-state index contributed by atoms with van der Waals surface area (Å²) in [5.74, 6) is 0. The van der Waals surface area contributed by atoms with Gasteiger partial charge in [0.1, 0.15) is 0 Å². The van der Waals surface area contributed by atoms with Crippen molar-refractivity contribution in [2.45, 2.75) is 80.5 Å². The molecule has 0 rings (SSSR count). The molecule has 4 heteroatoms. The van der Waals surface area contributed by atoms with Crippen molar-refractivity contribution in [2.75, 3.05) is 13.0 Å². The van der Waals surface area contributed by atoms with E-state index in [0.717, 1.165) is 0 Å². The second-order valence-corrected chi connectivity index (χ2v) is 11.2. The van der Waals surface area contributed by atoms with E-state index in [-0.39, 0.29) is 27.8 Å². The van der Waals surface area contributed by atoms with Gasteiger partial charge < -0.3 is 7.43 Å². The van der Waals surface area contributed by atoms with Crippen molar-refractivity contribution in [3.8, 4) is 0 Å². The molecule has 0 radical (unpaired) electrons. The SMILES string of the molecule is CC(C)(C)[Si](C)(C)C.CCC.CCl.CP.[2H]C.[3H]C.[CH3-].[Pd]. The quantitative estimate of drug-likeness (QED) is 0.161. The van der Waals surface area contributed by atoms with Crippen molar-refractivity contribution < 1.29 is 23.2 Å². The Hall–Kier alpha value is 1.60. The van der Waals surface area contributed by atoms with Gasteiger partial charge in [-0.25, -0.2) is 0 Å². The van der Waals surface area contributed by atoms with Gasteiger partial charge in [-0.05, 0) is 5.04 Å². The van der Waals surface area contributed by atoms with Gasteiger partial charge in [0.25, 0.3) is 0 Å². The van der Waals surface area contributed by atoms with Crippen LogP contribution < -0.4 is 0 Å². The summed E-state index contributed by atoms with van der Waals surface area (Å²) in [5, 5.41) is 0.576. The van der Waals surface area contributed by atoms with E-state index < -0.39 is 8.07 Å². The van der Waals surface area contributed by atoms with Crippen molar-refractivity contribution in [3.63, 3.8) is 0 Å². The first-order valence-electron chi connectivity index (χ1n) is 7.62. The zero-order chi connectivity index (χ0) is 17.7. The Balaban J connectivity index is -0.0000000186. The molecule has 0 aliphatic heterocycles. The van der Waals surface area contributed by atoms with Crippen LogP contribution in [0.15, 0.2) is 0 Å². The van der Waals surface area contributed by atoms with Crippen LogP contribution in [0.2, 0.25) is 24.7 Å². The number of hydrogen-bond donors (Lipinski definition) is 0. The molecule has 0 fully saturated rings. The minimum Gasteiger partial charge on any atom is -0.358 e. The Kier molecular flexibility index (Phi) is 62.2. The minimum absolute atomic E-state index is 0. The molecule has 1 unspecified atom stereocenters. The Morgan fingerprint density at radius 3 is 1.16 bits per heavy atom. The van der Waals surface area contributed by atoms with Gasteiger partial charge in [-0.1, -0.05) is 82.2 Å². The maximum Gasteiger partial charge on any atom is 0.0496 e. The van der Waals surface area contributed by atoms with Gasteiger partial charge in [0.05, 0.1) is 0 Å². The van der Waals surface area contributed by atoms with Gasteiger partial charge in [-0.2, -0.15) is 0 Å². The maximum absolute atomic E-state index is 5.75. The van der Waals surface area contributed by atoms with Gasteiger partial charge in [0.15, 0.2) is 0 Å². The average molecular weight is 429 g/mol. The molecule has 0 saturated heterocycles. The van der Waals surface area contributed by atoms with Crippen molar-refractivity contribution >= 4 is 28.9 Å². The zero-order valence-electron chi connectivity index (χ0n) is 18.0. The second-order valence-electron chi connectivity index (χ2n) is 5.21. The molecule has 0 saturated carbocycles. The van der Waals surface area contributed by atoms with E-state index in [4.69, 9.17) is 2.74 Å². The van der Waals surface area contributed by atoms with Crippen LogP contribution >= 0.6 is 20.8 Å². The van der Waals surface area contributed by atoms with E-state index in [9.17, 15) is 0 Å². The Labute approximate surface area is 152 Å². The van der Waals surface area contributed by atoms with Crippen LogP contribution in [0.25, 0.3) is 0 Å². The van der Waals surface area contributed by atoms with Crippen molar-refractivity contribution in [2.24, 2.45) is 0 Å².